The molecule has 1 aliphatic rings. The van der Waals surface area contributed by atoms with Gasteiger partial charge in [-0.05, 0) is 72.7 Å². The predicted molar refractivity (Wildman–Crippen MR) is 90.2 cm³/mol. The lowest BCUT2D eigenvalue weighted by atomic mass is 9.93. The highest BCUT2D eigenvalue weighted by molar-refractivity contribution is 6.30. The Morgan fingerprint density at radius 1 is 1.10 bits per heavy atom. The Hall–Kier alpha value is -1.31. The molecule has 1 N–H and O–H groups in total. The first kappa shape index (κ1) is 14.6. The largest absolute Gasteiger partial charge is 0.307 e. The molecule has 0 aromatic heterocycles. The summed E-state index contributed by atoms with van der Waals surface area (Å²) >= 11 is 6.21. The normalized spacial score (nSPS) is 15.0. The van der Waals surface area contributed by atoms with Crippen molar-refractivity contribution < 1.29 is 0 Å². The van der Waals surface area contributed by atoms with E-state index in [1.807, 2.05) is 6.07 Å². The van der Waals surface area contributed by atoms with E-state index in [0.29, 0.717) is 0 Å². The standard InChI is InChI=1S/C19H22ClN/c1-3-21-19(18-12-17(20)10-7-13(18)2)16-9-8-14-5-4-6-15(14)11-16/h7-12,19,21H,3-6H2,1-2H3. The molecule has 2 heteroatoms. The molecule has 0 saturated carbocycles. The lowest BCUT2D eigenvalue weighted by molar-refractivity contribution is 0.627. The molecule has 21 heavy (non-hydrogen) atoms. The van der Waals surface area contributed by atoms with Crippen LogP contribution in [-0.2, 0) is 12.8 Å². The molecule has 0 radical (unpaired) electrons. The van der Waals surface area contributed by atoms with Crippen molar-refractivity contribution in [1.29, 1.82) is 0 Å². The van der Waals surface area contributed by atoms with Gasteiger partial charge in [-0.1, -0.05) is 42.8 Å². The lowest BCUT2D eigenvalue weighted by Crippen LogP contribution is -2.23. The summed E-state index contributed by atoms with van der Waals surface area (Å²) in [6.07, 6.45) is 3.75. The van der Waals surface area contributed by atoms with Crippen LogP contribution in [0.3, 0.4) is 0 Å². The second-order valence-electron chi connectivity index (χ2n) is 5.87. The topological polar surface area (TPSA) is 12.0 Å². The molecule has 2 aromatic rings. The summed E-state index contributed by atoms with van der Waals surface area (Å²) in [4.78, 5) is 0. The van der Waals surface area contributed by atoms with Crippen molar-refractivity contribution in [1.82, 2.24) is 5.32 Å². The minimum atomic E-state index is 0.222. The molecule has 110 valence electrons. The number of hydrogen-bond acceptors (Lipinski definition) is 1. The Bertz CT molecular complexity index is 648. The third-order valence-electron chi connectivity index (χ3n) is 4.42. The molecule has 1 nitrogen and oxygen atoms in total. The van der Waals surface area contributed by atoms with Gasteiger partial charge < -0.3 is 5.32 Å². The summed E-state index contributed by atoms with van der Waals surface area (Å²) in [5.74, 6) is 0. The molecule has 0 aliphatic heterocycles. The minimum Gasteiger partial charge on any atom is -0.307 e. The lowest BCUT2D eigenvalue weighted by Gasteiger charge is -2.22. The average molecular weight is 300 g/mol. The molecule has 0 spiro atoms. The molecule has 0 bridgehead atoms. The molecular formula is C19H22ClN. The van der Waals surface area contributed by atoms with Gasteiger partial charge in [0.15, 0.2) is 0 Å². The van der Waals surface area contributed by atoms with Gasteiger partial charge in [0.25, 0.3) is 0 Å². The zero-order chi connectivity index (χ0) is 14.8. The summed E-state index contributed by atoms with van der Waals surface area (Å²) in [6.45, 7) is 5.25. The molecule has 0 saturated heterocycles. The first-order chi connectivity index (χ1) is 10.2. The summed E-state index contributed by atoms with van der Waals surface area (Å²) < 4.78 is 0. The van der Waals surface area contributed by atoms with Crippen molar-refractivity contribution in [2.45, 2.75) is 39.2 Å². The van der Waals surface area contributed by atoms with Crippen LogP contribution in [0.15, 0.2) is 36.4 Å². The van der Waals surface area contributed by atoms with Crippen LogP contribution in [0, 0.1) is 6.92 Å². The Morgan fingerprint density at radius 2 is 1.90 bits per heavy atom. The van der Waals surface area contributed by atoms with E-state index in [0.717, 1.165) is 11.6 Å². The van der Waals surface area contributed by atoms with E-state index in [1.54, 1.807) is 0 Å². The van der Waals surface area contributed by atoms with Crippen LogP contribution in [0.5, 0.6) is 0 Å². The van der Waals surface area contributed by atoms with Gasteiger partial charge in [-0.3, -0.25) is 0 Å². The van der Waals surface area contributed by atoms with Crippen molar-refractivity contribution in [3.8, 4) is 0 Å². The zero-order valence-corrected chi connectivity index (χ0v) is 13.5. The van der Waals surface area contributed by atoms with Gasteiger partial charge in [0.05, 0.1) is 6.04 Å². The van der Waals surface area contributed by atoms with Crippen LogP contribution in [0.4, 0.5) is 0 Å². The van der Waals surface area contributed by atoms with E-state index in [1.165, 1.54) is 47.1 Å². The first-order valence-corrected chi connectivity index (χ1v) is 8.18. The number of benzene rings is 2. The maximum atomic E-state index is 6.21. The van der Waals surface area contributed by atoms with Crippen LogP contribution in [0.25, 0.3) is 0 Å². The van der Waals surface area contributed by atoms with E-state index >= 15 is 0 Å². The zero-order valence-electron chi connectivity index (χ0n) is 12.7. The number of fused-ring (bicyclic) bond motifs is 1. The van der Waals surface area contributed by atoms with Crippen LogP contribution in [0.2, 0.25) is 5.02 Å². The van der Waals surface area contributed by atoms with Crippen LogP contribution < -0.4 is 5.32 Å². The highest BCUT2D eigenvalue weighted by Crippen LogP contribution is 2.31. The molecule has 0 amide bonds. The molecule has 0 fully saturated rings. The molecule has 2 aromatic carbocycles. The van der Waals surface area contributed by atoms with Crippen LogP contribution in [0.1, 0.15) is 47.2 Å². The Balaban J connectivity index is 2.03. The third kappa shape index (κ3) is 3.00. The summed E-state index contributed by atoms with van der Waals surface area (Å²) in [5.41, 5.74) is 6.96. The fourth-order valence-electron chi connectivity index (χ4n) is 3.31. The van der Waals surface area contributed by atoms with E-state index in [9.17, 15) is 0 Å². The highest BCUT2D eigenvalue weighted by Gasteiger charge is 2.18. The van der Waals surface area contributed by atoms with E-state index < -0.39 is 0 Å². The second-order valence-corrected chi connectivity index (χ2v) is 6.31. The first-order valence-electron chi connectivity index (χ1n) is 7.80. The van der Waals surface area contributed by atoms with Crippen molar-refractivity contribution in [3.63, 3.8) is 0 Å². The van der Waals surface area contributed by atoms with Crippen molar-refractivity contribution in [2.24, 2.45) is 0 Å². The van der Waals surface area contributed by atoms with Gasteiger partial charge in [0.1, 0.15) is 0 Å². The molecular weight excluding hydrogens is 278 g/mol. The molecule has 0 heterocycles. The van der Waals surface area contributed by atoms with E-state index in [2.05, 4.69) is 49.5 Å². The van der Waals surface area contributed by atoms with Gasteiger partial charge in [-0.2, -0.15) is 0 Å². The molecule has 1 unspecified atom stereocenters. The number of rotatable bonds is 4. The minimum absolute atomic E-state index is 0.222. The van der Waals surface area contributed by atoms with Crippen molar-refractivity contribution >= 4 is 11.6 Å². The third-order valence-corrected chi connectivity index (χ3v) is 4.65. The van der Waals surface area contributed by atoms with Gasteiger partial charge >= 0.3 is 0 Å². The summed E-state index contributed by atoms with van der Waals surface area (Å²) in [5, 5.41) is 4.42. The maximum absolute atomic E-state index is 6.21. The van der Waals surface area contributed by atoms with E-state index in [4.69, 9.17) is 11.6 Å². The van der Waals surface area contributed by atoms with Crippen molar-refractivity contribution in [2.75, 3.05) is 6.54 Å². The van der Waals surface area contributed by atoms with Gasteiger partial charge in [0.2, 0.25) is 0 Å². The quantitative estimate of drug-likeness (QED) is 0.852. The van der Waals surface area contributed by atoms with Gasteiger partial charge in [-0.25, -0.2) is 0 Å². The Kier molecular flexibility index (Phi) is 4.32. The summed E-state index contributed by atoms with van der Waals surface area (Å²) in [7, 11) is 0. The number of hydrogen-bond donors (Lipinski definition) is 1. The van der Waals surface area contributed by atoms with Crippen LogP contribution >= 0.6 is 11.6 Å². The fraction of sp³-hybridized carbons (Fsp3) is 0.368. The number of halogens is 1. The molecule has 1 atom stereocenters. The monoisotopic (exact) mass is 299 g/mol. The fourth-order valence-corrected chi connectivity index (χ4v) is 3.49. The average Bonchev–Trinajstić information content (AvgIpc) is 2.95. The maximum Gasteiger partial charge on any atom is 0.0579 e. The van der Waals surface area contributed by atoms with E-state index in [-0.39, 0.29) is 6.04 Å². The highest BCUT2D eigenvalue weighted by atomic mass is 35.5. The SMILES string of the molecule is CCNC(c1ccc2c(c1)CCC2)c1cc(Cl)ccc1C. The Labute approximate surface area is 132 Å². The Morgan fingerprint density at radius 3 is 2.71 bits per heavy atom. The predicted octanol–water partition coefficient (Wildman–Crippen LogP) is 4.84. The molecule has 1 aliphatic carbocycles. The number of nitrogens with one attached hydrogen (secondary N) is 1. The van der Waals surface area contributed by atoms with Gasteiger partial charge in [-0.15, -0.1) is 0 Å². The van der Waals surface area contributed by atoms with Crippen LogP contribution in [-0.4, -0.2) is 6.54 Å². The van der Waals surface area contributed by atoms with Gasteiger partial charge in [0, 0.05) is 5.02 Å². The number of aryl methyl sites for hydroxylation is 3. The molecule has 3 rings (SSSR count). The van der Waals surface area contributed by atoms with Crippen molar-refractivity contribution in [3.05, 3.63) is 69.2 Å². The summed E-state index contributed by atoms with van der Waals surface area (Å²) in [6, 6.07) is 13.4. The second kappa shape index (κ2) is 6.21. The smallest absolute Gasteiger partial charge is 0.0579 e.